The Labute approximate surface area is 278 Å². The molecule has 2 aromatic heterocycles. The molecule has 3 heterocycles. The van der Waals surface area contributed by atoms with E-state index in [-0.39, 0.29) is 30.5 Å². The maximum Gasteiger partial charge on any atom is 0.419 e. The predicted octanol–water partition coefficient (Wildman–Crippen LogP) is 6.88. The lowest BCUT2D eigenvalue weighted by Gasteiger charge is -2.36. The van der Waals surface area contributed by atoms with Crippen molar-refractivity contribution in [2.45, 2.75) is 57.0 Å². The quantitative estimate of drug-likeness (QED) is 0.175. The lowest BCUT2D eigenvalue weighted by Crippen LogP contribution is -2.41. The number of nitrogens with one attached hydrogen (secondary N) is 1. The van der Waals surface area contributed by atoms with Crippen LogP contribution >= 0.6 is 0 Å². The number of nitrogens with zero attached hydrogens (tertiary/aromatic N) is 3. The van der Waals surface area contributed by atoms with E-state index in [0.717, 1.165) is 54.2 Å². The number of benzene rings is 3. The third-order valence-electron chi connectivity index (χ3n) is 8.68. The van der Waals surface area contributed by atoms with Crippen molar-refractivity contribution in [2.24, 2.45) is 7.05 Å². The molecule has 2 fully saturated rings. The van der Waals surface area contributed by atoms with Crippen molar-refractivity contribution < 1.29 is 23.7 Å². The van der Waals surface area contributed by atoms with E-state index in [1.807, 2.05) is 73.8 Å². The number of fused-ring (bicyclic) bond motifs is 1. The summed E-state index contributed by atoms with van der Waals surface area (Å²) in [7, 11) is 1.75. The van der Waals surface area contributed by atoms with Crippen molar-refractivity contribution in [1.82, 2.24) is 14.5 Å². The molecule has 10 nitrogen and oxygen atoms in total. The topological polar surface area (TPSA) is 114 Å². The number of hydrogen-bond donors (Lipinski definition) is 1. The molecule has 1 aliphatic carbocycles. The van der Waals surface area contributed by atoms with Crippen LogP contribution in [0.2, 0.25) is 0 Å². The standard InChI is InChI=1S/C38H38N4O6/c1-25-21-27(23-42(2)35(25)43)26-16-19-32-31(22-26)34(40-36(39-32)41-37(44)47-29-13-7-4-8-14-29)38(48-30-17-18-30,28-11-5-3-6-12-28)24-46-33-15-9-10-20-45-33/h3-8,11-14,16,19,21-23,30,33H,9-10,15,17-18,20,24H2,1-2H3,(H,39,40,41,44). The van der Waals surface area contributed by atoms with Crippen LogP contribution in [0.1, 0.15) is 48.9 Å². The summed E-state index contributed by atoms with van der Waals surface area (Å²) < 4.78 is 26.6. The van der Waals surface area contributed by atoms with Crippen molar-refractivity contribution in [3.05, 3.63) is 118 Å². The second-order valence-electron chi connectivity index (χ2n) is 12.4. The number of aromatic nitrogens is 3. The molecule has 0 spiro atoms. The van der Waals surface area contributed by atoms with Crippen LogP contribution in [0.15, 0.2) is 95.9 Å². The van der Waals surface area contributed by atoms with Crippen LogP contribution in [-0.2, 0) is 26.9 Å². The largest absolute Gasteiger partial charge is 0.419 e. The van der Waals surface area contributed by atoms with Gasteiger partial charge in [0.1, 0.15) is 5.75 Å². The highest BCUT2D eigenvalue weighted by Gasteiger charge is 2.45. The minimum Gasteiger partial charge on any atom is -0.410 e. The number of ether oxygens (including phenoxy) is 4. The monoisotopic (exact) mass is 646 g/mol. The zero-order valence-corrected chi connectivity index (χ0v) is 27.1. The van der Waals surface area contributed by atoms with Gasteiger partial charge in [-0.15, -0.1) is 0 Å². The fourth-order valence-corrected chi connectivity index (χ4v) is 6.10. The van der Waals surface area contributed by atoms with Gasteiger partial charge in [0.25, 0.3) is 5.56 Å². The normalized spacial score (nSPS) is 17.5. The number of pyridine rings is 1. The van der Waals surface area contributed by atoms with Crippen LogP contribution in [-0.4, -0.2) is 46.2 Å². The molecule has 5 aromatic rings. The molecule has 1 aliphatic heterocycles. The van der Waals surface area contributed by atoms with Crippen LogP contribution in [0.4, 0.5) is 10.7 Å². The first kappa shape index (κ1) is 31.7. The van der Waals surface area contributed by atoms with Crippen LogP contribution in [0, 0.1) is 6.92 Å². The van der Waals surface area contributed by atoms with Crippen molar-refractivity contribution in [1.29, 1.82) is 0 Å². The zero-order chi connectivity index (χ0) is 33.1. The molecule has 246 valence electrons. The maximum atomic E-state index is 13.1. The summed E-state index contributed by atoms with van der Waals surface area (Å²) in [6.45, 7) is 2.58. The van der Waals surface area contributed by atoms with Crippen molar-refractivity contribution in [2.75, 3.05) is 18.5 Å². The lowest BCUT2D eigenvalue weighted by atomic mass is 9.87. The lowest BCUT2D eigenvalue weighted by molar-refractivity contribution is -0.197. The molecule has 1 saturated heterocycles. The molecule has 3 aromatic carbocycles. The van der Waals surface area contributed by atoms with Crippen LogP contribution < -0.4 is 15.6 Å². The van der Waals surface area contributed by atoms with Gasteiger partial charge in [-0.05, 0) is 86.1 Å². The Morgan fingerprint density at radius 1 is 0.958 bits per heavy atom. The SMILES string of the molecule is Cc1cc(-c2ccc3nc(NC(=O)Oc4ccccc4)nc(C(COC4CCCCO4)(OC4CC4)c4ccccc4)c3c2)cn(C)c1=O. The number of aryl methyl sites for hydroxylation is 2. The summed E-state index contributed by atoms with van der Waals surface area (Å²) in [6, 6.07) is 26.5. The van der Waals surface area contributed by atoms with E-state index < -0.39 is 11.7 Å². The zero-order valence-electron chi connectivity index (χ0n) is 27.1. The third kappa shape index (κ3) is 6.87. The molecule has 0 bridgehead atoms. The van der Waals surface area contributed by atoms with Gasteiger partial charge in [-0.1, -0.05) is 54.6 Å². The van der Waals surface area contributed by atoms with Crippen molar-refractivity contribution in [3.63, 3.8) is 0 Å². The molecule has 2 atom stereocenters. The van der Waals surface area contributed by atoms with Gasteiger partial charge in [-0.3, -0.25) is 10.1 Å². The molecule has 2 aliphatic rings. The summed E-state index contributed by atoms with van der Waals surface area (Å²) in [4.78, 5) is 35.4. The summed E-state index contributed by atoms with van der Waals surface area (Å²) in [6.07, 6.45) is 5.35. The van der Waals surface area contributed by atoms with E-state index in [1.165, 1.54) is 0 Å². The summed E-state index contributed by atoms with van der Waals surface area (Å²) in [5.74, 6) is 0.461. The summed E-state index contributed by atoms with van der Waals surface area (Å²) >= 11 is 0. The Balaban J connectivity index is 1.40. The molecule has 1 saturated carbocycles. The van der Waals surface area contributed by atoms with E-state index >= 15 is 0 Å². The van der Waals surface area contributed by atoms with Crippen LogP contribution in [0.3, 0.4) is 0 Å². The highest BCUT2D eigenvalue weighted by molar-refractivity contribution is 5.90. The highest BCUT2D eigenvalue weighted by Crippen LogP contribution is 2.43. The number of amides is 1. The maximum absolute atomic E-state index is 13.1. The fraction of sp³-hybridized carbons (Fsp3) is 0.316. The number of anilines is 1. The Hall–Kier alpha value is -4.90. The van der Waals surface area contributed by atoms with Gasteiger partial charge in [-0.25, -0.2) is 14.8 Å². The Kier molecular flexibility index (Phi) is 9.03. The highest BCUT2D eigenvalue weighted by atomic mass is 16.7. The first-order valence-corrected chi connectivity index (χ1v) is 16.4. The first-order valence-electron chi connectivity index (χ1n) is 16.4. The molecule has 1 N–H and O–H groups in total. The number of rotatable bonds is 10. The van der Waals surface area contributed by atoms with Gasteiger partial charge in [0.15, 0.2) is 11.9 Å². The van der Waals surface area contributed by atoms with E-state index in [9.17, 15) is 9.59 Å². The van der Waals surface area contributed by atoms with Crippen molar-refractivity contribution >= 4 is 22.9 Å². The van der Waals surface area contributed by atoms with Crippen LogP contribution in [0.25, 0.3) is 22.0 Å². The summed E-state index contributed by atoms with van der Waals surface area (Å²) in [5, 5.41) is 3.47. The average Bonchev–Trinajstić information content (AvgIpc) is 3.93. The third-order valence-corrected chi connectivity index (χ3v) is 8.68. The molecular weight excluding hydrogens is 608 g/mol. The number of carbonyl (C=O) groups is 1. The molecule has 1 amide bonds. The van der Waals surface area contributed by atoms with Crippen molar-refractivity contribution in [3.8, 4) is 16.9 Å². The smallest absolute Gasteiger partial charge is 0.410 e. The van der Waals surface area contributed by atoms with Gasteiger partial charge in [0, 0.05) is 30.8 Å². The fourth-order valence-electron chi connectivity index (χ4n) is 6.10. The molecule has 0 radical (unpaired) electrons. The Bertz CT molecular complexity index is 1950. The molecule has 7 rings (SSSR count). The molecule has 2 unspecified atom stereocenters. The van der Waals surface area contributed by atoms with Gasteiger partial charge >= 0.3 is 6.09 Å². The van der Waals surface area contributed by atoms with E-state index in [0.29, 0.717) is 29.1 Å². The number of hydrogen-bond acceptors (Lipinski definition) is 8. The molecule has 48 heavy (non-hydrogen) atoms. The number of carbonyl (C=O) groups excluding carboxylic acids is 1. The average molecular weight is 647 g/mol. The Morgan fingerprint density at radius 2 is 1.73 bits per heavy atom. The van der Waals surface area contributed by atoms with E-state index in [1.54, 1.807) is 35.9 Å². The first-order chi connectivity index (χ1) is 23.4. The second-order valence-corrected chi connectivity index (χ2v) is 12.4. The van der Waals surface area contributed by atoms with Gasteiger partial charge in [0.2, 0.25) is 5.95 Å². The molecule has 10 heteroatoms. The van der Waals surface area contributed by atoms with Gasteiger partial charge in [-0.2, -0.15) is 0 Å². The minimum atomic E-state index is -1.18. The van der Waals surface area contributed by atoms with E-state index in [4.69, 9.17) is 28.9 Å². The molecular formula is C38H38N4O6. The second kappa shape index (κ2) is 13.7. The van der Waals surface area contributed by atoms with Crippen LogP contribution in [0.5, 0.6) is 5.75 Å². The van der Waals surface area contributed by atoms with Gasteiger partial charge < -0.3 is 23.5 Å². The Morgan fingerprint density at radius 3 is 2.44 bits per heavy atom. The minimum absolute atomic E-state index is 0.0000288. The number of para-hydroxylation sites is 1. The van der Waals surface area contributed by atoms with E-state index in [2.05, 4.69) is 5.32 Å². The summed E-state index contributed by atoms with van der Waals surface area (Å²) in [5.41, 5.74) is 3.14. The van der Waals surface area contributed by atoms with Gasteiger partial charge in [0.05, 0.1) is 23.9 Å². The predicted molar refractivity (Wildman–Crippen MR) is 182 cm³/mol.